The normalized spacial score (nSPS) is 19.7. The third-order valence-electron chi connectivity index (χ3n) is 3.78. The topological polar surface area (TPSA) is 58.6 Å². The predicted molar refractivity (Wildman–Crippen MR) is 79.7 cm³/mol. The van der Waals surface area contributed by atoms with Crippen molar-refractivity contribution in [2.75, 3.05) is 20.2 Å². The Hall–Kier alpha value is -2.04. The van der Waals surface area contributed by atoms with Crippen LogP contribution in [-0.4, -0.2) is 37.1 Å². The highest BCUT2D eigenvalue weighted by Gasteiger charge is 2.27. The van der Waals surface area contributed by atoms with E-state index in [4.69, 9.17) is 4.74 Å². The Morgan fingerprint density at radius 3 is 2.67 bits per heavy atom. The standard InChI is InChI=1S/C16H22N2O3/c1-12-7-6-10-18(11-12)16(20)17-14(15(19)21-2)13-8-4-3-5-9-13/h3-5,8-9,12,14H,6-7,10-11H2,1-2H3,(H,17,20). The van der Waals surface area contributed by atoms with E-state index in [1.54, 1.807) is 17.0 Å². The van der Waals surface area contributed by atoms with Crippen molar-refractivity contribution in [2.45, 2.75) is 25.8 Å². The molecule has 1 aliphatic heterocycles. The van der Waals surface area contributed by atoms with Crippen LogP contribution in [-0.2, 0) is 9.53 Å². The second-order valence-corrected chi connectivity index (χ2v) is 5.51. The smallest absolute Gasteiger partial charge is 0.333 e. The summed E-state index contributed by atoms with van der Waals surface area (Å²) in [5.41, 5.74) is 0.725. The number of benzene rings is 1. The summed E-state index contributed by atoms with van der Waals surface area (Å²) in [6.07, 6.45) is 2.14. The first-order chi connectivity index (χ1) is 10.1. The van der Waals surface area contributed by atoms with Crippen molar-refractivity contribution in [3.63, 3.8) is 0 Å². The molecule has 0 aromatic heterocycles. The highest BCUT2D eigenvalue weighted by Crippen LogP contribution is 2.18. The Morgan fingerprint density at radius 1 is 1.33 bits per heavy atom. The van der Waals surface area contributed by atoms with Crippen LogP contribution in [0, 0.1) is 5.92 Å². The highest BCUT2D eigenvalue weighted by molar-refractivity contribution is 5.84. The molecule has 0 saturated carbocycles. The lowest BCUT2D eigenvalue weighted by Gasteiger charge is -2.32. The minimum atomic E-state index is -0.763. The van der Waals surface area contributed by atoms with Crippen molar-refractivity contribution in [3.8, 4) is 0 Å². The molecule has 2 rings (SSSR count). The SMILES string of the molecule is COC(=O)C(NC(=O)N1CCCC(C)C1)c1ccccc1. The Bertz CT molecular complexity index is 490. The van der Waals surface area contributed by atoms with Crippen molar-refractivity contribution in [2.24, 2.45) is 5.92 Å². The van der Waals surface area contributed by atoms with Gasteiger partial charge in [-0.25, -0.2) is 9.59 Å². The summed E-state index contributed by atoms with van der Waals surface area (Å²) in [4.78, 5) is 26.1. The first kappa shape index (κ1) is 15.4. The number of hydrogen-bond acceptors (Lipinski definition) is 3. The van der Waals surface area contributed by atoms with Crippen molar-refractivity contribution < 1.29 is 14.3 Å². The van der Waals surface area contributed by atoms with Crippen molar-refractivity contribution in [1.29, 1.82) is 0 Å². The van der Waals surface area contributed by atoms with Crippen molar-refractivity contribution >= 4 is 12.0 Å². The van der Waals surface area contributed by atoms with Gasteiger partial charge in [-0.15, -0.1) is 0 Å². The monoisotopic (exact) mass is 290 g/mol. The number of carbonyl (C=O) groups excluding carboxylic acids is 2. The van der Waals surface area contributed by atoms with Gasteiger partial charge >= 0.3 is 12.0 Å². The maximum Gasteiger partial charge on any atom is 0.333 e. The molecule has 0 bridgehead atoms. The van der Waals surface area contributed by atoms with Gasteiger partial charge in [-0.3, -0.25) is 0 Å². The summed E-state index contributed by atoms with van der Waals surface area (Å²) < 4.78 is 4.80. The van der Waals surface area contributed by atoms with Crippen molar-refractivity contribution in [1.82, 2.24) is 10.2 Å². The van der Waals surface area contributed by atoms with Crippen LogP contribution < -0.4 is 5.32 Å². The number of urea groups is 1. The first-order valence-electron chi connectivity index (χ1n) is 7.30. The maximum absolute atomic E-state index is 12.4. The molecule has 1 aromatic rings. The van der Waals surface area contributed by atoms with Crippen LogP contribution in [0.25, 0.3) is 0 Å². The van der Waals surface area contributed by atoms with E-state index < -0.39 is 12.0 Å². The number of nitrogens with one attached hydrogen (secondary N) is 1. The molecule has 2 unspecified atom stereocenters. The largest absolute Gasteiger partial charge is 0.467 e. The second-order valence-electron chi connectivity index (χ2n) is 5.51. The average molecular weight is 290 g/mol. The summed E-state index contributed by atoms with van der Waals surface area (Å²) in [7, 11) is 1.33. The van der Waals surface area contributed by atoms with Crippen LogP contribution in [0.1, 0.15) is 31.4 Å². The van der Waals surface area contributed by atoms with Gasteiger partial charge in [0.15, 0.2) is 6.04 Å². The molecule has 0 aliphatic carbocycles. The first-order valence-corrected chi connectivity index (χ1v) is 7.30. The zero-order valence-electron chi connectivity index (χ0n) is 12.5. The number of esters is 1. The average Bonchev–Trinajstić information content (AvgIpc) is 2.52. The van der Waals surface area contributed by atoms with Crippen LogP contribution in [0.2, 0.25) is 0 Å². The molecule has 1 fully saturated rings. The van der Waals surface area contributed by atoms with Crippen LogP contribution in [0.5, 0.6) is 0 Å². The minimum absolute atomic E-state index is 0.208. The predicted octanol–water partition coefficient (Wildman–Crippen LogP) is 2.34. The number of amides is 2. The molecular formula is C16H22N2O3. The van der Waals surface area contributed by atoms with Gasteiger partial charge < -0.3 is 15.0 Å². The molecule has 2 amide bonds. The number of rotatable bonds is 3. The fraction of sp³-hybridized carbons (Fsp3) is 0.500. The summed E-state index contributed by atoms with van der Waals surface area (Å²) in [6.45, 7) is 3.60. The number of piperidine rings is 1. The van der Waals surface area contributed by atoms with Gasteiger partial charge in [0.25, 0.3) is 0 Å². The van der Waals surface area contributed by atoms with E-state index in [9.17, 15) is 9.59 Å². The molecule has 1 heterocycles. The zero-order chi connectivity index (χ0) is 15.2. The Morgan fingerprint density at radius 2 is 2.05 bits per heavy atom. The van der Waals surface area contributed by atoms with Crippen LogP contribution >= 0.6 is 0 Å². The zero-order valence-corrected chi connectivity index (χ0v) is 12.5. The van der Waals surface area contributed by atoms with Crippen LogP contribution in [0.15, 0.2) is 30.3 Å². The van der Waals surface area contributed by atoms with Gasteiger partial charge in [-0.05, 0) is 24.3 Å². The molecule has 0 spiro atoms. The summed E-state index contributed by atoms with van der Waals surface area (Å²) in [5, 5.41) is 2.79. The number of ether oxygens (including phenoxy) is 1. The van der Waals surface area contributed by atoms with Gasteiger partial charge in [0, 0.05) is 13.1 Å². The minimum Gasteiger partial charge on any atom is -0.467 e. The molecule has 5 heteroatoms. The van der Waals surface area contributed by atoms with E-state index >= 15 is 0 Å². The van der Waals surface area contributed by atoms with E-state index in [1.165, 1.54) is 7.11 Å². The number of hydrogen-bond donors (Lipinski definition) is 1. The molecular weight excluding hydrogens is 268 g/mol. The van der Waals surface area contributed by atoms with Crippen LogP contribution in [0.3, 0.4) is 0 Å². The second kappa shape index (κ2) is 7.11. The highest BCUT2D eigenvalue weighted by atomic mass is 16.5. The number of methoxy groups -OCH3 is 1. The van der Waals surface area contributed by atoms with E-state index in [2.05, 4.69) is 12.2 Å². The van der Waals surface area contributed by atoms with E-state index in [0.29, 0.717) is 5.92 Å². The van der Waals surface area contributed by atoms with Gasteiger partial charge in [0.05, 0.1) is 7.11 Å². The van der Waals surface area contributed by atoms with E-state index in [-0.39, 0.29) is 6.03 Å². The Labute approximate surface area is 125 Å². The number of nitrogens with zero attached hydrogens (tertiary/aromatic N) is 1. The van der Waals surface area contributed by atoms with Gasteiger partial charge in [0.1, 0.15) is 0 Å². The number of likely N-dealkylation sites (tertiary alicyclic amines) is 1. The summed E-state index contributed by atoms with van der Waals surface area (Å²) in [6, 6.07) is 8.18. The van der Waals surface area contributed by atoms with Crippen LogP contribution in [0.4, 0.5) is 4.79 Å². The summed E-state index contributed by atoms with van der Waals surface area (Å²) >= 11 is 0. The lowest BCUT2D eigenvalue weighted by atomic mass is 10.0. The molecule has 1 aromatic carbocycles. The molecule has 21 heavy (non-hydrogen) atoms. The molecule has 114 valence electrons. The Kier molecular flexibility index (Phi) is 5.20. The van der Waals surface area contributed by atoms with E-state index in [0.717, 1.165) is 31.5 Å². The lowest BCUT2D eigenvalue weighted by Crippen LogP contribution is -2.47. The summed E-state index contributed by atoms with van der Waals surface area (Å²) in [5.74, 6) is 0.0393. The molecule has 0 radical (unpaired) electrons. The van der Waals surface area contributed by atoms with Gasteiger partial charge in [-0.2, -0.15) is 0 Å². The fourth-order valence-electron chi connectivity index (χ4n) is 2.63. The molecule has 2 atom stereocenters. The van der Waals surface area contributed by atoms with Gasteiger partial charge in [-0.1, -0.05) is 37.3 Å². The molecule has 1 N–H and O–H groups in total. The van der Waals surface area contributed by atoms with Gasteiger partial charge in [0.2, 0.25) is 0 Å². The molecule has 1 saturated heterocycles. The maximum atomic E-state index is 12.4. The molecule has 1 aliphatic rings. The fourth-order valence-corrected chi connectivity index (χ4v) is 2.63. The quantitative estimate of drug-likeness (QED) is 0.869. The third kappa shape index (κ3) is 3.97. The molecule has 5 nitrogen and oxygen atoms in total. The Balaban J connectivity index is 2.08. The van der Waals surface area contributed by atoms with E-state index in [1.807, 2.05) is 18.2 Å². The van der Waals surface area contributed by atoms with Crippen molar-refractivity contribution in [3.05, 3.63) is 35.9 Å². The number of carbonyl (C=O) groups is 2. The third-order valence-corrected chi connectivity index (χ3v) is 3.78. The lowest BCUT2D eigenvalue weighted by molar-refractivity contribution is -0.143.